The van der Waals surface area contributed by atoms with Gasteiger partial charge < -0.3 is 14.4 Å². The summed E-state index contributed by atoms with van der Waals surface area (Å²) in [6, 6.07) is 10.7. The number of esters is 1. The van der Waals surface area contributed by atoms with Gasteiger partial charge in [-0.2, -0.15) is 4.98 Å². The lowest BCUT2D eigenvalue weighted by Gasteiger charge is -2.30. The average molecular weight is 381 g/mol. The summed E-state index contributed by atoms with van der Waals surface area (Å²) < 4.78 is 12.3. The lowest BCUT2D eigenvalue weighted by molar-refractivity contribution is -0.145. The zero-order valence-corrected chi connectivity index (χ0v) is 15.3. The molecule has 4 rings (SSSR count). The standard InChI is InChI=1S/C19H19N5O4/c1-13-7-8-20-19-21-16(22-24(13)19)18(26)28-15(14-5-3-2-4-6-14)17(25)23-9-11-27-12-10-23/h2-8,15H,9-12H2,1H3/t15-/m1/s1. The number of ether oxygens (including phenoxy) is 2. The quantitative estimate of drug-likeness (QED) is 0.626. The zero-order valence-electron chi connectivity index (χ0n) is 15.3. The Morgan fingerprint density at radius 1 is 1.14 bits per heavy atom. The van der Waals surface area contributed by atoms with E-state index in [1.54, 1.807) is 41.4 Å². The third-order valence-corrected chi connectivity index (χ3v) is 4.49. The number of hydrogen-bond acceptors (Lipinski definition) is 7. The van der Waals surface area contributed by atoms with E-state index in [0.29, 0.717) is 37.6 Å². The zero-order chi connectivity index (χ0) is 19.5. The summed E-state index contributed by atoms with van der Waals surface area (Å²) in [5, 5.41) is 4.15. The van der Waals surface area contributed by atoms with Crippen molar-refractivity contribution in [3.63, 3.8) is 0 Å². The lowest BCUT2D eigenvalue weighted by Crippen LogP contribution is -2.44. The SMILES string of the molecule is Cc1ccnc2nc(C(=O)O[C@@H](C(=O)N3CCOCC3)c3ccccc3)nn12. The van der Waals surface area contributed by atoms with E-state index in [2.05, 4.69) is 15.1 Å². The molecule has 1 aliphatic heterocycles. The van der Waals surface area contributed by atoms with Gasteiger partial charge >= 0.3 is 5.97 Å². The van der Waals surface area contributed by atoms with Crippen LogP contribution in [0.2, 0.25) is 0 Å². The molecule has 0 bridgehead atoms. The van der Waals surface area contributed by atoms with Crippen molar-refractivity contribution in [2.45, 2.75) is 13.0 Å². The Kier molecular flexibility index (Phi) is 4.98. The van der Waals surface area contributed by atoms with Crippen molar-refractivity contribution in [2.24, 2.45) is 0 Å². The van der Waals surface area contributed by atoms with Gasteiger partial charge in [-0.1, -0.05) is 30.3 Å². The van der Waals surface area contributed by atoms with E-state index < -0.39 is 12.1 Å². The number of benzene rings is 1. The molecule has 9 heteroatoms. The molecule has 0 N–H and O–H groups in total. The fourth-order valence-electron chi connectivity index (χ4n) is 2.99. The predicted molar refractivity (Wildman–Crippen MR) is 97.5 cm³/mol. The molecule has 1 aliphatic rings. The van der Waals surface area contributed by atoms with Crippen LogP contribution in [0.1, 0.15) is 28.0 Å². The summed E-state index contributed by atoms with van der Waals surface area (Å²) in [7, 11) is 0. The maximum atomic E-state index is 13.0. The maximum Gasteiger partial charge on any atom is 0.379 e. The molecule has 0 aliphatic carbocycles. The van der Waals surface area contributed by atoms with Gasteiger partial charge in [0.15, 0.2) is 0 Å². The first-order valence-corrected chi connectivity index (χ1v) is 8.94. The normalized spacial score (nSPS) is 15.4. The largest absolute Gasteiger partial charge is 0.441 e. The van der Waals surface area contributed by atoms with Gasteiger partial charge in [0, 0.05) is 30.5 Å². The van der Waals surface area contributed by atoms with Gasteiger partial charge in [-0.05, 0) is 13.0 Å². The molecule has 2 aromatic heterocycles. The van der Waals surface area contributed by atoms with Gasteiger partial charge in [-0.15, -0.1) is 5.10 Å². The van der Waals surface area contributed by atoms with Crippen molar-refractivity contribution < 1.29 is 19.1 Å². The Bertz CT molecular complexity index is 998. The number of rotatable bonds is 4. The maximum absolute atomic E-state index is 13.0. The van der Waals surface area contributed by atoms with Crippen LogP contribution in [0.15, 0.2) is 42.6 Å². The number of amides is 1. The number of aromatic nitrogens is 4. The Balaban J connectivity index is 1.61. The van der Waals surface area contributed by atoms with Gasteiger partial charge in [0.1, 0.15) is 0 Å². The second kappa shape index (κ2) is 7.73. The van der Waals surface area contributed by atoms with E-state index in [1.165, 1.54) is 4.52 Å². The highest BCUT2D eigenvalue weighted by Gasteiger charge is 2.32. The molecular weight excluding hydrogens is 362 g/mol. The first kappa shape index (κ1) is 18.1. The molecule has 0 saturated carbocycles. The molecule has 144 valence electrons. The van der Waals surface area contributed by atoms with Crippen molar-refractivity contribution in [3.05, 3.63) is 59.7 Å². The van der Waals surface area contributed by atoms with E-state index >= 15 is 0 Å². The number of carbonyl (C=O) groups excluding carboxylic acids is 2. The highest BCUT2D eigenvalue weighted by atomic mass is 16.5. The van der Waals surface area contributed by atoms with Crippen molar-refractivity contribution in [1.82, 2.24) is 24.5 Å². The second-order valence-corrected chi connectivity index (χ2v) is 6.37. The number of fused-ring (bicyclic) bond motifs is 1. The van der Waals surface area contributed by atoms with Gasteiger partial charge in [-0.25, -0.2) is 14.3 Å². The number of morpholine rings is 1. The summed E-state index contributed by atoms with van der Waals surface area (Å²) in [5.41, 5.74) is 1.37. The molecule has 1 amide bonds. The Morgan fingerprint density at radius 3 is 2.61 bits per heavy atom. The van der Waals surface area contributed by atoms with E-state index in [1.807, 2.05) is 13.0 Å². The first-order valence-electron chi connectivity index (χ1n) is 8.94. The Hall–Kier alpha value is -3.33. The summed E-state index contributed by atoms with van der Waals surface area (Å²) >= 11 is 0. The average Bonchev–Trinajstić information content (AvgIpc) is 3.19. The summed E-state index contributed by atoms with van der Waals surface area (Å²) in [6.45, 7) is 3.65. The molecule has 9 nitrogen and oxygen atoms in total. The van der Waals surface area contributed by atoms with Crippen LogP contribution in [-0.4, -0.2) is 62.7 Å². The Morgan fingerprint density at radius 2 is 1.89 bits per heavy atom. The van der Waals surface area contributed by atoms with Crippen LogP contribution < -0.4 is 0 Å². The summed E-state index contributed by atoms with van der Waals surface area (Å²) in [4.78, 5) is 35.6. The van der Waals surface area contributed by atoms with Crippen LogP contribution >= 0.6 is 0 Å². The molecule has 1 atom stereocenters. The molecule has 1 fully saturated rings. The smallest absolute Gasteiger partial charge is 0.379 e. The van der Waals surface area contributed by atoms with Gasteiger partial charge in [0.2, 0.25) is 6.10 Å². The molecule has 0 radical (unpaired) electrons. The van der Waals surface area contributed by atoms with Crippen LogP contribution in [-0.2, 0) is 14.3 Å². The van der Waals surface area contributed by atoms with E-state index in [4.69, 9.17) is 9.47 Å². The van der Waals surface area contributed by atoms with Crippen molar-refractivity contribution in [1.29, 1.82) is 0 Å². The fraction of sp³-hybridized carbons (Fsp3) is 0.316. The van der Waals surface area contributed by atoms with Crippen molar-refractivity contribution in [3.8, 4) is 0 Å². The molecule has 0 unspecified atom stereocenters. The summed E-state index contributed by atoms with van der Waals surface area (Å²) in [6.07, 6.45) is 0.510. The second-order valence-electron chi connectivity index (χ2n) is 6.37. The third-order valence-electron chi connectivity index (χ3n) is 4.49. The van der Waals surface area contributed by atoms with Crippen molar-refractivity contribution >= 4 is 17.7 Å². The Labute approximate surface area is 160 Å². The minimum atomic E-state index is -1.08. The molecule has 3 aromatic rings. The molecule has 28 heavy (non-hydrogen) atoms. The van der Waals surface area contributed by atoms with Crippen LogP contribution in [0.25, 0.3) is 5.78 Å². The number of nitrogens with zero attached hydrogens (tertiary/aromatic N) is 5. The van der Waals surface area contributed by atoms with Crippen LogP contribution in [0.4, 0.5) is 0 Å². The van der Waals surface area contributed by atoms with Crippen LogP contribution in [0, 0.1) is 6.92 Å². The molecule has 3 heterocycles. The number of hydrogen-bond donors (Lipinski definition) is 0. The van der Waals surface area contributed by atoms with E-state index in [9.17, 15) is 9.59 Å². The lowest BCUT2D eigenvalue weighted by atomic mass is 10.1. The highest BCUT2D eigenvalue weighted by Crippen LogP contribution is 2.22. The van der Waals surface area contributed by atoms with Crippen LogP contribution in [0.3, 0.4) is 0 Å². The predicted octanol–water partition coefficient (Wildman–Crippen LogP) is 1.19. The number of carbonyl (C=O) groups is 2. The minimum absolute atomic E-state index is 0.141. The van der Waals surface area contributed by atoms with Crippen molar-refractivity contribution in [2.75, 3.05) is 26.3 Å². The van der Waals surface area contributed by atoms with E-state index in [-0.39, 0.29) is 11.7 Å². The fourth-order valence-corrected chi connectivity index (χ4v) is 2.99. The van der Waals surface area contributed by atoms with Gasteiger partial charge in [0.25, 0.3) is 17.5 Å². The molecule has 1 aromatic carbocycles. The monoisotopic (exact) mass is 381 g/mol. The third kappa shape index (κ3) is 3.56. The highest BCUT2D eigenvalue weighted by molar-refractivity contribution is 5.90. The van der Waals surface area contributed by atoms with Crippen LogP contribution in [0.5, 0.6) is 0 Å². The minimum Gasteiger partial charge on any atom is -0.441 e. The number of aryl methyl sites for hydroxylation is 1. The molecule has 1 saturated heterocycles. The molecular formula is C19H19N5O4. The summed E-state index contributed by atoms with van der Waals surface area (Å²) in [5.74, 6) is -0.915. The van der Waals surface area contributed by atoms with Gasteiger partial charge in [-0.3, -0.25) is 4.79 Å². The topological polar surface area (TPSA) is 98.9 Å². The van der Waals surface area contributed by atoms with Gasteiger partial charge in [0.05, 0.1) is 13.2 Å². The van der Waals surface area contributed by atoms with E-state index in [0.717, 1.165) is 5.69 Å². The first-order chi connectivity index (χ1) is 13.6. The molecule has 0 spiro atoms.